The highest BCUT2D eigenvalue weighted by Gasteiger charge is 2.34. The molecular formula is C19H21BrFN4O7P. The Morgan fingerprint density at radius 3 is 2.76 bits per heavy atom. The van der Waals surface area contributed by atoms with Crippen LogP contribution in [0, 0.1) is 5.82 Å². The number of hydrogen-bond donors (Lipinski definition) is 2. The number of carbonyl (C=O) groups excluding carboxylic acids is 1. The van der Waals surface area contributed by atoms with Crippen LogP contribution in [0.3, 0.4) is 0 Å². The molecule has 11 nitrogen and oxygen atoms in total. The van der Waals surface area contributed by atoms with E-state index in [1.165, 1.54) is 20.1 Å². The number of nitrogens with zero attached hydrogens (tertiary/aromatic N) is 2. The molecule has 0 fully saturated rings. The number of nitrogen functional groups attached to an aromatic ring is 1. The lowest BCUT2D eigenvalue weighted by atomic mass is 10.3. The van der Waals surface area contributed by atoms with Gasteiger partial charge in [-0.3, -0.25) is 13.9 Å². The van der Waals surface area contributed by atoms with Crippen LogP contribution in [0.25, 0.3) is 0 Å². The van der Waals surface area contributed by atoms with E-state index in [0.29, 0.717) is 0 Å². The predicted molar refractivity (Wildman–Crippen MR) is 119 cm³/mol. The Hall–Kier alpha value is -2.57. The fourth-order valence-corrected chi connectivity index (χ4v) is 4.51. The molecule has 178 valence electrons. The van der Waals surface area contributed by atoms with E-state index in [-0.39, 0.29) is 12.4 Å². The second-order valence-electron chi connectivity index (χ2n) is 6.83. The number of anilines is 1. The molecule has 3 rings (SSSR count). The minimum Gasteiger partial charge on any atom is -0.468 e. The van der Waals surface area contributed by atoms with Crippen LogP contribution in [-0.2, 0) is 23.4 Å². The average Bonchev–Trinajstić information content (AvgIpc) is 3.25. The van der Waals surface area contributed by atoms with E-state index in [0.717, 1.165) is 15.2 Å². The molecule has 1 aromatic carbocycles. The number of nitrogens with one attached hydrogen (secondary N) is 1. The largest absolute Gasteiger partial charge is 0.468 e. The number of carbonyl (C=O) groups is 1. The van der Waals surface area contributed by atoms with Crippen LogP contribution in [-0.4, -0.2) is 41.4 Å². The molecule has 14 heteroatoms. The van der Waals surface area contributed by atoms with Crippen molar-refractivity contribution in [2.24, 2.45) is 0 Å². The first-order valence-electron chi connectivity index (χ1n) is 9.53. The highest BCUT2D eigenvalue weighted by Crippen LogP contribution is 2.45. The zero-order valence-electron chi connectivity index (χ0n) is 17.5. The van der Waals surface area contributed by atoms with Gasteiger partial charge in [0, 0.05) is 4.47 Å². The van der Waals surface area contributed by atoms with E-state index in [9.17, 15) is 18.5 Å². The maximum Gasteiger partial charge on any atom is 0.459 e. The summed E-state index contributed by atoms with van der Waals surface area (Å²) >= 11 is 3.29. The average molecular weight is 547 g/mol. The molecule has 0 radical (unpaired) electrons. The van der Waals surface area contributed by atoms with Crippen LogP contribution in [0.5, 0.6) is 5.75 Å². The summed E-state index contributed by atoms with van der Waals surface area (Å²) in [6.07, 6.45) is 2.17. The Morgan fingerprint density at radius 2 is 2.09 bits per heavy atom. The molecule has 2 aromatic rings. The molecule has 1 aromatic heterocycles. The standard InChI is InChI=1S/C19H21BrFN4O7P/c1-11(18(26)29-2)24-33(28,32-13-5-3-12(20)4-6-13)30-10-14-7-8-16(31-14)25-9-15(21)17(22)23-19(25)27/h3-9,11,14,16H,10H2,1-2H3,(H,24,28)(H2,22,23,27)/t11-,14-,16+,33?/m0/s1. The van der Waals surface area contributed by atoms with Crippen LogP contribution in [0.2, 0.25) is 0 Å². The summed E-state index contributed by atoms with van der Waals surface area (Å²) < 4.78 is 50.1. The first kappa shape index (κ1) is 25.1. The van der Waals surface area contributed by atoms with Crippen molar-refractivity contribution in [3.8, 4) is 5.75 Å². The number of halogens is 2. The van der Waals surface area contributed by atoms with Gasteiger partial charge in [0.15, 0.2) is 17.9 Å². The van der Waals surface area contributed by atoms with Crippen molar-refractivity contribution in [1.82, 2.24) is 14.6 Å². The fraction of sp³-hybridized carbons (Fsp3) is 0.316. The van der Waals surface area contributed by atoms with Gasteiger partial charge in [-0.1, -0.05) is 22.0 Å². The van der Waals surface area contributed by atoms with E-state index >= 15 is 0 Å². The van der Waals surface area contributed by atoms with Crippen molar-refractivity contribution in [3.05, 3.63) is 63.4 Å². The molecule has 0 saturated carbocycles. The number of benzene rings is 1. The topological polar surface area (TPSA) is 144 Å². The Morgan fingerprint density at radius 1 is 1.39 bits per heavy atom. The van der Waals surface area contributed by atoms with Gasteiger partial charge >= 0.3 is 19.4 Å². The molecule has 0 bridgehead atoms. The van der Waals surface area contributed by atoms with E-state index in [1.54, 1.807) is 30.3 Å². The fourth-order valence-electron chi connectivity index (χ4n) is 2.74. The van der Waals surface area contributed by atoms with E-state index in [1.807, 2.05) is 0 Å². The first-order valence-corrected chi connectivity index (χ1v) is 11.9. The summed E-state index contributed by atoms with van der Waals surface area (Å²) in [5.41, 5.74) is 4.49. The lowest BCUT2D eigenvalue weighted by molar-refractivity contribution is -0.142. The molecule has 0 amide bonds. The third-order valence-electron chi connectivity index (χ3n) is 4.37. The van der Waals surface area contributed by atoms with Crippen molar-refractivity contribution in [3.63, 3.8) is 0 Å². The molecule has 1 aliphatic heterocycles. The molecule has 0 aliphatic carbocycles. The van der Waals surface area contributed by atoms with Gasteiger partial charge in [0.25, 0.3) is 0 Å². The summed E-state index contributed by atoms with van der Waals surface area (Å²) in [5, 5.41) is 2.51. The van der Waals surface area contributed by atoms with Crippen LogP contribution >= 0.6 is 23.7 Å². The van der Waals surface area contributed by atoms with Gasteiger partial charge in [-0.05, 0) is 37.3 Å². The molecular weight excluding hydrogens is 526 g/mol. The lowest BCUT2D eigenvalue weighted by Gasteiger charge is -2.24. The quantitative estimate of drug-likeness (QED) is 0.273. The highest BCUT2D eigenvalue weighted by atomic mass is 79.9. The maximum atomic E-state index is 13.7. The third-order valence-corrected chi connectivity index (χ3v) is 6.54. The first-order chi connectivity index (χ1) is 15.6. The summed E-state index contributed by atoms with van der Waals surface area (Å²) in [6, 6.07) is 5.46. The van der Waals surface area contributed by atoms with Crippen molar-refractivity contribution < 1.29 is 32.3 Å². The molecule has 1 aliphatic rings. The van der Waals surface area contributed by atoms with Crippen molar-refractivity contribution in [2.75, 3.05) is 19.5 Å². The van der Waals surface area contributed by atoms with E-state index in [4.69, 9.17) is 19.5 Å². The van der Waals surface area contributed by atoms with Gasteiger partial charge in [0.1, 0.15) is 17.9 Å². The highest BCUT2D eigenvalue weighted by molar-refractivity contribution is 9.10. The minimum atomic E-state index is -4.09. The summed E-state index contributed by atoms with van der Waals surface area (Å²) in [4.78, 5) is 27.2. The summed E-state index contributed by atoms with van der Waals surface area (Å²) in [7, 11) is -2.89. The normalized spacial score (nSPS) is 20.2. The van der Waals surface area contributed by atoms with Crippen molar-refractivity contribution in [2.45, 2.75) is 25.3 Å². The van der Waals surface area contributed by atoms with Crippen LogP contribution in [0.4, 0.5) is 10.2 Å². The van der Waals surface area contributed by atoms with Crippen molar-refractivity contribution in [1.29, 1.82) is 0 Å². The Balaban J connectivity index is 1.70. The number of nitrogens with two attached hydrogens (primary N) is 1. The number of aromatic nitrogens is 2. The molecule has 3 N–H and O–H groups in total. The minimum absolute atomic E-state index is 0.224. The third kappa shape index (κ3) is 6.49. The summed E-state index contributed by atoms with van der Waals surface area (Å²) in [5.74, 6) is -1.84. The lowest BCUT2D eigenvalue weighted by Crippen LogP contribution is -2.35. The predicted octanol–water partition coefficient (Wildman–Crippen LogP) is 2.54. The van der Waals surface area contributed by atoms with Gasteiger partial charge < -0.3 is 19.7 Å². The van der Waals surface area contributed by atoms with Gasteiger partial charge in [0.05, 0.1) is 19.9 Å². The molecule has 0 spiro atoms. The number of methoxy groups -OCH3 is 1. The Bertz CT molecular complexity index is 1140. The Kier molecular flexibility index (Phi) is 8.03. The SMILES string of the molecule is COC(=O)[C@H](C)NP(=O)(OC[C@@H]1C=C[C@H](n2cc(F)c(N)nc2=O)O1)Oc1ccc(Br)cc1. The number of rotatable bonds is 9. The van der Waals surface area contributed by atoms with Crippen LogP contribution in [0.1, 0.15) is 13.2 Å². The molecule has 0 saturated heterocycles. The second kappa shape index (κ2) is 10.6. The van der Waals surface area contributed by atoms with Gasteiger partial charge in [-0.2, -0.15) is 10.1 Å². The van der Waals surface area contributed by atoms with E-state index < -0.39 is 49.4 Å². The number of esters is 1. The zero-order valence-corrected chi connectivity index (χ0v) is 20.0. The molecule has 4 atom stereocenters. The van der Waals surface area contributed by atoms with Gasteiger partial charge in [-0.25, -0.2) is 13.8 Å². The smallest absolute Gasteiger partial charge is 0.459 e. The Labute approximate surface area is 196 Å². The molecule has 2 heterocycles. The van der Waals surface area contributed by atoms with E-state index in [2.05, 4.69) is 30.7 Å². The number of hydrogen-bond acceptors (Lipinski definition) is 9. The van der Waals surface area contributed by atoms with Gasteiger partial charge in [0.2, 0.25) is 0 Å². The zero-order chi connectivity index (χ0) is 24.2. The maximum absolute atomic E-state index is 13.7. The summed E-state index contributed by atoms with van der Waals surface area (Å²) in [6.45, 7) is 1.16. The molecule has 33 heavy (non-hydrogen) atoms. The molecule has 1 unspecified atom stereocenters. The van der Waals surface area contributed by atoms with Crippen LogP contribution < -0.4 is 21.0 Å². The number of ether oxygens (including phenoxy) is 2. The second-order valence-corrected chi connectivity index (χ2v) is 9.44. The van der Waals surface area contributed by atoms with Gasteiger partial charge in [-0.15, -0.1) is 0 Å². The van der Waals surface area contributed by atoms with Crippen molar-refractivity contribution >= 4 is 35.5 Å². The van der Waals surface area contributed by atoms with Crippen LogP contribution in [0.15, 0.2) is 51.9 Å². The monoisotopic (exact) mass is 546 g/mol.